The Hall–Kier alpha value is -1.09. The maximum atomic E-state index is 4.31. The maximum Gasteiger partial charge on any atom is 0.0700 e. The number of halogens is 1. The molecule has 2 rings (SSSR count). The molecule has 0 bridgehead atoms. The Bertz CT molecular complexity index is 352. The van der Waals surface area contributed by atoms with Crippen molar-refractivity contribution >= 4 is 21.5 Å². The predicted octanol–water partition coefficient (Wildman–Crippen LogP) is 2.34. The minimum Gasteiger partial charge on any atom is -0.387 e. The average Bonchev–Trinajstić information content (AvgIpc) is 2.20. The second-order valence-corrected chi connectivity index (χ2v) is 3.68. The quantitative estimate of drug-likeness (QED) is 0.810. The standard InChI is InChI=1S/C10H9BrN2/c11-9-1-2-10(13-7-9)8-3-5-12-6-4-8/h1-5,7,12H,6H2. The fourth-order valence-electron chi connectivity index (χ4n) is 1.19. The van der Waals surface area contributed by atoms with E-state index in [1.54, 1.807) is 0 Å². The van der Waals surface area contributed by atoms with Gasteiger partial charge in [-0.15, -0.1) is 0 Å². The van der Waals surface area contributed by atoms with Gasteiger partial charge in [-0.3, -0.25) is 4.98 Å². The summed E-state index contributed by atoms with van der Waals surface area (Å²) in [5.41, 5.74) is 2.19. The molecule has 0 spiro atoms. The van der Waals surface area contributed by atoms with Crippen LogP contribution in [0, 0.1) is 0 Å². The number of rotatable bonds is 1. The lowest BCUT2D eigenvalue weighted by molar-refractivity contribution is 0.973. The Morgan fingerprint density at radius 1 is 1.38 bits per heavy atom. The van der Waals surface area contributed by atoms with E-state index in [4.69, 9.17) is 0 Å². The molecule has 66 valence electrons. The Kier molecular flexibility index (Phi) is 2.45. The second kappa shape index (κ2) is 3.75. The molecular formula is C10H9BrN2. The third-order valence-corrected chi connectivity index (χ3v) is 2.31. The minimum atomic E-state index is 0.879. The van der Waals surface area contributed by atoms with Gasteiger partial charge in [0.15, 0.2) is 0 Å². The van der Waals surface area contributed by atoms with Crippen molar-refractivity contribution < 1.29 is 0 Å². The number of allylic oxidation sites excluding steroid dienone is 2. The van der Waals surface area contributed by atoms with Crippen molar-refractivity contribution in [2.75, 3.05) is 6.54 Å². The molecule has 0 amide bonds. The fraction of sp³-hybridized carbons (Fsp3) is 0.100. The highest BCUT2D eigenvalue weighted by Gasteiger charge is 2.00. The van der Waals surface area contributed by atoms with Gasteiger partial charge >= 0.3 is 0 Å². The van der Waals surface area contributed by atoms with Crippen LogP contribution < -0.4 is 5.32 Å². The first-order valence-electron chi connectivity index (χ1n) is 4.08. The number of aromatic nitrogens is 1. The summed E-state index contributed by atoms with van der Waals surface area (Å²) in [5, 5.41) is 3.10. The van der Waals surface area contributed by atoms with Gasteiger partial charge in [-0.25, -0.2) is 0 Å². The highest BCUT2D eigenvalue weighted by Crippen LogP contribution is 2.16. The van der Waals surface area contributed by atoms with E-state index in [0.29, 0.717) is 0 Å². The summed E-state index contributed by atoms with van der Waals surface area (Å²) in [4.78, 5) is 4.31. The van der Waals surface area contributed by atoms with Crippen LogP contribution in [0.1, 0.15) is 5.69 Å². The van der Waals surface area contributed by atoms with Crippen LogP contribution in [0.4, 0.5) is 0 Å². The van der Waals surface area contributed by atoms with Gasteiger partial charge in [-0.2, -0.15) is 0 Å². The molecular weight excluding hydrogens is 228 g/mol. The third kappa shape index (κ3) is 1.98. The topological polar surface area (TPSA) is 24.9 Å². The average molecular weight is 237 g/mol. The summed E-state index contributed by atoms with van der Waals surface area (Å²) in [6.07, 6.45) is 7.90. The van der Waals surface area contributed by atoms with Gasteiger partial charge in [0.1, 0.15) is 0 Å². The largest absolute Gasteiger partial charge is 0.387 e. The van der Waals surface area contributed by atoms with Crippen LogP contribution in [0.2, 0.25) is 0 Å². The van der Waals surface area contributed by atoms with Gasteiger partial charge < -0.3 is 5.32 Å². The Morgan fingerprint density at radius 2 is 2.31 bits per heavy atom. The molecule has 1 aromatic rings. The van der Waals surface area contributed by atoms with E-state index in [-0.39, 0.29) is 0 Å². The zero-order valence-electron chi connectivity index (χ0n) is 7.00. The Morgan fingerprint density at radius 3 is 2.92 bits per heavy atom. The van der Waals surface area contributed by atoms with Gasteiger partial charge in [0, 0.05) is 17.2 Å². The van der Waals surface area contributed by atoms with Crippen molar-refractivity contribution in [3.63, 3.8) is 0 Å². The molecule has 1 aliphatic rings. The molecule has 13 heavy (non-hydrogen) atoms. The molecule has 0 fully saturated rings. The summed E-state index contributed by atoms with van der Waals surface area (Å²) < 4.78 is 1.01. The third-order valence-electron chi connectivity index (χ3n) is 1.84. The highest BCUT2D eigenvalue weighted by atomic mass is 79.9. The van der Waals surface area contributed by atoms with Crippen molar-refractivity contribution in [3.8, 4) is 0 Å². The van der Waals surface area contributed by atoms with Crippen molar-refractivity contribution in [1.82, 2.24) is 10.3 Å². The molecule has 0 unspecified atom stereocenters. The Balaban J connectivity index is 2.30. The summed E-state index contributed by atoms with van der Waals surface area (Å²) in [5.74, 6) is 0. The molecule has 0 saturated heterocycles. The maximum absolute atomic E-state index is 4.31. The van der Waals surface area contributed by atoms with E-state index in [1.807, 2.05) is 30.6 Å². The van der Waals surface area contributed by atoms with E-state index < -0.39 is 0 Å². The van der Waals surface area contributed by atoms with E-state index in [9.17, 15) is 0 Å². The van der Waals surface area contributed by atoms with Gasteiger partial charge in [0.2, 0.25) is 0 Å². The van der Waals surface area contributed by atoms with E-state index >= 15 is 0 Å². The van der Waals surface area contributed by atoms with E-state index in [2.05, 4.69) is 32.3 Å². The molecule has 2 heterocycles. The molecule has 0 radical (unpaired) electrons. The predicted molar refractivity (Wildman–Crippen MR) is 57.1 cm³/mol. The molecule has 0 saturated carbocycles. The van der Waals surface area contributed by atoms with Crippen molar-refractivity contribution in [2.24, 2.45) is 0 Å². The highest BCUT2D eigenvalue weighted by molar-refractivity contribution is 9.10. The lowest BCUT2D eigenvalue weighted by atomic mass is 10.1. The molecule has 2 nitrogen and oxygen atoms in total. The fourth-order valence-corrected chi connectivity index (χ4v) is 1.42. The molecule has 1 aliphatic heterocycles. The molecule has 0 aromatic carbocycles. The first kappa shape index (κ1) is 8.51. The van der Waals surface area contributed by atoms with Gasteiger partial charge in [-0.05, 0) is 45.9 Å². The van der Waals surface area contributed by atoms with Gasteiger partial charge in [-0.1, -0.05) is 6.08 Å². The van der Waals surface area contributed by atoms with Crippen molar-refractivity contribution in [3.05, 3.63) is 46.8 Å². The number of hydrogen-bond acceptors (Lipinski definition) is 2. The minimum absolute atomic E-state index is 0.879. The van der Waals surface area contributed by atoms with Gasteiger partial charge in [0.05, 0.1) is 5.69 Å². The van der Waals surface area contributed by atoms with Gasteiger partial charge in [0.25, 0.3) is 0 Å². The Labute approximate surface area is 85.5 Å². The second-order valence-electron chi connectivity index (χ2n) is 2.76. The number of pyridine rings is 1. The number of nitrogens with one attached hydrogen (secondary N) is 1. The molecule has 1 N–H and O–H groups in total. The van der Waals surface area contributed by atoms with Crippen LogP contribution >= 0.6 is 15.9 Å². The number of nitrogens with zero attached hydrogens (tertiary/aromatic N) is 1. The normalized spacial score (nSPS) is 15.0. The first-order valence-corrected chi connectivity index (χ1v) is 4.87. The zero-order chi connectivity index (χ0) is 9.10. The summed E-state index contributed by atoms with van der Waals surface area (Å²) in [6.45, 7) is 0.879. The van der Waals surface area contributed by atoms with Crippen molar-refractivity contribution in [2.45, 2.75) is 0 Å². The smallest absolute Gasteiger partial charge is 0.0700 e. The summed E-state index contributed by atoms with van der Waals surface area (Å²) in [6, 6.07) is 4.00. The molecule has 0 atom stereocenters. The summed E-state index contributed by atoms with van der Waals surface area (Å²) in [7, 11) is 0. The SMILES string of the molecule is Brc1ccc(C2=CCNC=C2)nc1. The molecule has 0 aliphatic carbocycles. The molecule has 3 heteroatoms. The summed E-state index contributed by atoms with van der Waals surface area (Å²) >= 11 is 3.36. The number of hydrogen-bond donors (Lipinski definition) is 1. The molecule has 1 aromatic heterocycles. The van der Waals surface area contributed by atoms with Crippen LogP contribution in [0.25, 0.3) is 5.57 Å². The lowest BCUT2D eigenvalue weighted by Crippen LogP contribution is -2.08. The van der Waals surface area contributed by atoms with Crippen LogP contribution in [0.3, 0.4) is 0 Å². The zero-order valence-corrected chi connectivity index (χ0v) is 8.58. The number of dihydropyridines is 1. The van der Waals surface area contributed by atoms with E-state index in [1.165, 1.54) is 5.57 Å². The monoisotopic (exact) mass is 236 g/mol. The van der Waals surface area contributed by atoms with Crippen LogP contribution in [-0.2, 0) is 0 Å². The first-order chi connectivity index (χ1) is 6.36. The lowest BCUT2D eigenvalue weighted by Gasteiger charge is -2.07. The van der Waals surface area contributed by atoms with Crippen LogP contribution in [0.5, 0.6) is 0 Å². The van der Waals surface area contributed by atoms with E-state index in [0.717, 1.165) is 16.7 Å². The van der Waals surface area contributed by atoms with Crippen molar-refractivity contribution in [1.29, 1.82) is 0 Å². The van der Waals surface area contributed by atoms with Crippen LogP contribution in [0.15, 0.2) is 41.2 Å². The van der Waals surface area contributed by atoms with Crippen LogP contribution in [-0.4, -0.2) is 11.5 Å².